The topological polar surface area (TPSA) is 66.8 Å². The first-order chi connectivity index (χ1) is 17.9. The lowest BCUT2D eigenvalue weighted by atomic mass is 9.95. The zero-order valence-electron chi connectivity index (χ0n) is 21.3. The Balaban J connectivity index is 1.65. The van der Waals surface area contributed by atoms with E-state index in [4.69, 9.17) is 4.74 Å². The standard InChI is InChI=1S/C32H33NO4/c1-23(2)19-21-37-27-15-9-14-26(22-27)30-29(28(34)17-16-24-10-5-3-6-11-24)31(35)32(36)33(30)20-18-25-12-7-4-8-13-25/h3-17,22-23,30,35H,18-21H2,1-2H3/b17-16+. The molecule has 1 aliphatic heterocycles. The summed E-state index contributed by atoms with van der Waals surface area (Å²) in [5.41, 5.74) is 2.75. The van der Waals surface area contributed by atoms with E-state index in [0.29, 0.717) is 31.2 Å². The maximum Gasteiger partial charge on any atom is 0.290 e. The highest BCUT2D eigenvalue weighted by Crippen LogP contribution is 2.39. The number of hydrogen-bond donors (Lipinski definition) is 1. The molecule has 1 amide bonds. The Labute approximate surface area is 218 Å². The van der Waals surface area contributed by atoms with Gasteiger partial charge in [-0.25, -0.2) is 0 Å². The summed E-state index contributed by atoms with van der Waals surface area (Å²) in [6, 6.07) is 26.1. The summed E-state index contributed by atoms with van der Waals surface area (Å²) in [7, 11) is 0. The summed E-state index contributed by atoms with van der Waals surface area (Å²) < 4.78 is 5.96. The molecule has 4 rings (SSSR count). The van der Waals surface area contributed by atoms with Crippen molar-refractivity contribution in [1.82, 2.24) is 4.90 Å². The fraction of sp³-hybridized carbons (Fsp3) is 0.250. The molecule has 0 bridgehead atoms. The van der Waals surface area contributed by atoms with E-state index in [1.165, 1.54) is 6.08 Å². The van der Waals surface area contributed by atoms with Crippen LogP contribution >= 0.6 is 0 Å². The second kappa shape index (κ2) is 12.2. The molecular weight excluding hydrogens is 462 g/mol. The van der Waals surface area contributed by atoms with Crippen molar-refractivity contribution in [3.8, 4) is 5.75 Å². The summed E-state index contributed by atoms with van der Waals surface area (Å²) in [5.74, 6) is -0.236. The Morgan fingerprint density at radius 2 is 1.70 bits per heavy atom. The highest BCUT2D eigenvalue weighted by Gasteiger charge is 2.42. The SMILES string of the molecule is CC(C)CCOc1cccc(C2C(C(=O)/C=C/c3ccccc3)=C(O)C(=O)N2CCc2ccccc2)c1. The van der Waals surface area contributed by atoms with E-state index in [-0.39, 0.29) is 5.57 Å². The molecule has 1 atom stereocenters. The van der Waals surface area contributed by atoms with Crippen LogP contribution in [0.1, 0.15) is 43.0 Å². The fourth-order valence-corrected chi connectivity index (χ4v) is 4.39. The van der Waals surface area contributed by atoms with Gasteiger partial charge >= 0.3 is 0 Å². The monoisotopic (exact) mass is 495 g/mol. The van der Waals surface area contributed by atoms with Crippen LogP contribution in [-0.2, 0) is 16.0 Å². The maximum absolute atomic E-state index is 13.4. The predicted octanol–water partition coefficient (Wildman–Crippen LogP) is 6.33. The molecule has 0 fully saturated rings. The van der Waals surface area contributed by atoms with Gasteiger partial charge in [0.25, 0.3) is 5.91 Å². The molecule has 5 heteroatoms. The molecule has 3 aromatic rings. The van der Waals surface area contributed by atoms with Crippen molar-refractivity contribution >= 4 is 17.8 Å². The fourth-order valence-electron chi connectivity index (χ4n) is 4.39. The van der Waals surface area contributed by atoms with Crippen molar-refractivity contribution in [3.05, 3.63) is 119 Å². The van der Waals surface area contributed by atoms with Crippen LogP contribution < -0.4 is 4.74 Å². The van der Waals surface area contributed by atoms with Crippen LogP contribution in [0.4, 0.5) is 0 Å². The molecule has 1 aliphatic rings. The van der Waals surface area contributed by atoms with Crippen LogP contribution in [0.25, 0.3) is 6.08 Å². The third kappa shape index (κ3) is 6.56. The van der Waals surface area contributed by atoms with Gasteiger partial charge in [0.15, 0.2) is 11.5 Å². The number of rotatable bonds is 11. The molecule has 3 aromatic carbocycles. The van der Waals surface area contributed by atoms with Crippen molar-refractivity contribution in [3.63, 3.8) is 0 Å². The van der Waals surface area contributed by atoms with E-state index >= 15 is 0 Å². The van der Waals surface area contributed by atoms with Crippen molar-refractivity contribution in [1.29, 1.82) is 0 Å². The number of allylic oxidation sites excluding steroid dienone is 1. The van der Waals surface area contributed by atoms with Gasteiger partial charge in [-0.05, 0) is 53.7 Å². The molecule has 1 N–H and O–H groups in total. The van der Waals surface area contributed by atoms with Crippen molar-refractivity contribution in [2.45, 2.75) is 32.7 Å². The molecule has 0 aromatic heterocycles. The number of ketones is 1. The number of hydrogen-bond acceptors (Lipinski definition) is 4. The lowest BCUT2D eigenvalue weighted by molar-refractivity contribution is -0.129. The number of nitrogens with zero attached hydrogens (tertiary/aromatic N) is 1. The zero-order valence-corrected chi connectivity index (χ0v) is 21.3. The third-order valence-electron chi connectivity index (χ3n) is 6.42. The zero-order chi connectivity index (χ0) is 26.2. The molecule has 0 aliphatic carbocycles. The molecule has 0 spiro atoms. The molecule has 190 valence electrons. The van der Waals surface area contributed by atoms with Gasteiger partial charge in [-0.1, -0.05) is 92.7 Å². The second-order valence-electron chi connectivity index (χ2n) is 9.61. The summed E-state index contributed by atoms with van der Waals surface area (Å²) in [4.78, 5) is 28.2. The minimum absolute atomic E-state index is 0.0876. The average Bonchev–Trinajstić information content (AvgIpc) is 3.17. The van der Waals surface area contributed by atoms with Gasteiger partial charge in [-0.2, -0.15) is 0 Å². The van der Waals surface area contributed by atoms with Crippen molar-refractivity contribution in [2.24, 2.45) is 5.92 Å². The summed E-state index contributed by atoms with van der Waals surface area (Å²) in [6.45, 7) is 5.22. The first kappa shape index (κ1) is 26.0. The second-order valence-corrected chi connectivity index (χ2v) is 9.61. The van der Waals surface area contributed by atoms with Crippen molar-refractivity contribution < 1.29 is 19.4 Å². The van der Waals surface area contributed by atoms with Crippen LogP contribution in [0.3, 0.4) is 0 Å². The highest BCUT2D eigenvalue weighted by atomic mass is 16.5. The van der Waals surface area contributed by atoms with Crippen LogP contribution in [0.2, 0.25) is 0 Å². The predicted molar refractivity (Wildman–Crippen MR) is 146 cm³/mol. The molecule has 37 heavy (non-hydrogen) atoms. The van der Waals surface area contributed by atoms with E-state index in [9.17, 15) is 14.7 Å². The van der Waals surface area contributed by atoms with Crippen LogP contribution in [0.15, 0.2) is 102 Å². The van der Waals surface area contributed by atoms with E-state index in [1.807, 2.05) is 84.9 Å². The Hall–Kier alpha value is -4.12. The number of amides is 1. The van der Waals surface area contributed by atoms with Crippen LogP contribution in [0, 0.1) is 5.92 Å². The quantitative estimate of drug-likeness (QED) is 0.316. The highest BCUT2D eigenvalue weighted by molar-refractivity contribution is 6.14. The van der Waals surface area contributed by atoms with Gasteiger partial charge in [0.2, 0.25) is 0 Å². The van der Waals surface area contributed by atoms with Gasteiger partial charge in [0.1, 0.15) is 5.75 Å². The van der Waals surface area contributed by atoms with E-state index in [1.54, 1.807) is 11.0 Å². The average molecular weight is 496 g/mol. The minimum Gasteiger partial charge on any atom is -0.503 e. The lowest BCUT2D eigenvalue weighted by Gasteiger charge is -2.27. The molecule has 0 saturated heterocycles. The van der Waals surface area contributed by atoms with Crippen LogP contribution in [-0.4, -0.2) is 34.8 Å². The van der Waals surface area contributed by atoms with E-state index in [2.05, 4.69) is 13.8 Å². The number of ether oxygens (including phenoxy) is 1. The van der Waals surface area contributed by atoms with Gasteiger partial charge in [-0.15, -0.1) is 0 Å². The van der Waals surface area contributed by atoms with Gasteiger partial charge in [-0.3, -0.25) is 9.59 Å². The summed E-state index contributed by atoms with van der Waals surface area (Å²) in [5, 5.41) is 10.9. The van der Waals surface area contributed by atoms with Crippen LogP contribution in [0.5, 0.6) is 5.75 Å². The minimum atomic E-state index is -0.710. The third-order valence-corrected chi connectivity index (χ3v) is 6.42. The number of aliphatic hydroxyl groups is 1. The van der Waals surface area contributed by atoms with E-state index < -0.39 is 23.5 Å². The molecule has 0 saturated carbocycles. The first-order valence-corrected chi connectivity index (χ1v) is 12.7. The molecule has 0 radical (unpaired) electrons. The van der Waals surface area contributed by atoms with Gasteiger partial charge in [0, 0.05) is 6.54 Å². The van der Waals surface area contributed by atoms with E-state index in [0.717, 1.165) is 23.1 Å². The Bertz CT molecular complexity index is 1280. The molecule has 5 nitrogen and oxygen atoms in total. The van der Waals surface area contributed by atoms with Gasteiger partial charge < -0.3 is 14.7 Å². The van der Waals surface area contributed by atoms with Crippen molar-refractivity contribution in [2.75, 3.05) is 13.2 Å². The largest absolute Gasteiger partial charge is 0.503 e. The lowest BCUT2D eigenvalue weighted by Crippen LogP contribution is -2.33. The normalized spacial score (nSPS) is 15.7. The summed E-state index contributed by atoms with van der Waals surface area (Å²) >= 11 is 0. The Morgan fingerprint density at radius 3 is 2.41 bits per heavy atom. The molecule has 1 unspecified atom stereocenters. The smallest absolute Gasteiger partial charge is 0.290 e. The summed E-state index contributed by atoms with van der Waals surface area (Å²) in [6.07, 6.45) is 4.64. The molecular formula is C32H33NO4. The molecule has 1 heterocycles. The number of benzene rings is 3. The maximum atomic E-state index is 13.4. The number of carbonyl (C=O) groups is 2. The number of aliphatic hydroxyl groups excluding tert-OH is 1. The number of carbonyl (C=O) groups excluding carboxylic acids is 2. The first-order valence-electron chi connectivity index (χ1n) is 12.7. The Morgan fingerprint density at radius 1 is 1.00 bits per heavy atom. The Kier molecular flexibility index (Phi) is 8.57. The van der Waals surface area contributed by atoms with Gasteiger partial charge in [0.05, 0.1) is 18.2 Å².